The van der Waals surface area contributed by atoms with E-state index in [0.717, 1.165) is 29.7 Å². The fraction of sp³-hybridized carbons (Fsp3) is 0.364. The Balaban J connectivity index is 1.80. The third-order valence-corrected chi connectivity index (χ3v) is 3.02. The van der Waals surface area contributed by atoms with Crippen molar-refractivity contribution in [2.45, 2.75) is 18.9 Å². The quantitative estimate of drug-likeness (QED) is 0.795. The second kappa shape index (κ2) is 3.49. The molecule has 2 N–H and O–H groups in total. The summed E-state index contributed by atoms with van der Waals surface area (Å²) in [7, 11) is 0. The molecule has 0 unspecified atom stereocenters. The first-order chi connectivity index (χ1) is 7.86. The van der Waals surface area contributed by atoms with Gasteiger partial charge in [-0.15, -0.1) is 0 Å². The van der Waals surface area contributed by atoms with Gasteiger partial charge in [-0.3, -0.25) is 0 Å². The predicted molar refractivity (Wildman–Crippen MR) is 59.6 cm³/mol. The molecule has 5 heteroatoms. The lowest BCUT2D eigenvalue weighted by Crippen LogP contribution is -2.34. The number of aromatic amines is 1. The van der Waals surface area contributed by atoms with Crippen molar-refractivity contribution in [2.75, 3.05) is 5.32 Å². The van der Waals surface area contributed by atoms with E-state index in [1.165, 1.54) is 0 Å². The van der Waals surface area contributed by atoms with Crippen molar-refractivity contribution in [3.63, 3.8) is 0 Å². The largest absolute Gasteiger partial charge is 0.367 e. The number of hydrogen-bond acceptors (Lipinski definition) is 4. The maximum absolute atomic E-state index is 8.70. The molecule has 2 aromatic rings. The highest BCUT2D eigenvalue weighted by atomic mass is 15.1. The lowest BCUT2D eigenvalue weighted by atomic mass is 9.81. The van der Waals surface area contributed by atoms with Crippen molar-refractivity contribution >= 4 is 16.9 Å². The van der Waals surface area contributed by atoms with Crippen LogP contribution in [0.4, 0.5) is 5.82 Å². The van der Waals surface area contributed by atoms with E-state index in [9.17, 15) is 0 Å². The molecule has 80 valence electrons. The van der Waals surface area contributed by atoms with Gasteiger partial charge in [-0.05, 0) is 18.9 Å². The third kappa shape index (κ3) is 1.39. The molecule has 1 aliphatic carbocycles. The van der Waals surface area contributed by atoms with Crippen LogP contribution in [0.25, 0.3) is 11.0 Å². The topological polar surface area (TPSA) is 77.4 Å². The van der Waals surface area contributed by atoms with Crippen molar-refractivity contribution < 1.29 is 0 Å². The second-order valence-electron chi connectivity index (χ2n) is 4.10. The van der Waals surface area contributed by atoms with Crippen molar-refractivity contribution in [3.05, 3.63) is 18.6 Å². The Morgan fingerprint density at radius 2 is 2.31 bits per heavy atom. The highest BCUT2D eigenvalue weighted by Gasteiger charge is 2.29. The highest BCUT2D eigenvalue weighted by Crippen LogP contribution is 2.30. The van der Waals surface area contributed by atoms with Crippen LogP contribution in [0, 0.1) is 17.2 Å². The Hall–Kier alpha value is -2.09. The van der Waals surface area contributed by atoms with E-state index in [1.54, 1.807) is 6.33 Å². The van der Waals surface area contributed by atoms with Crippen molar-refractivity contribution in [3.8, 4) is 6.07 Å². The zero-order valence-corrected chi connectivity index (χ0v) is 8.64. The summed E-state index contributed by atoms with van der Waals surface area (Å²) in [5.74, 6) is 1.06. The summed E-state index contributed by atoms with van der Waals surface area (Å²) in [6.45, 7) is 0. The summed E-state index contributed by atoms with van der Waals surface area (Å²) in [6, 6.07) is 4.60. The molecule has 0 amide bonds. The van der Waals surface area contributed by atoms with Crippen molar-refractivity contribution in [1.29, 1.82) is 5.26 Å². The zero-order valence-electron chi connectivity index (χ0n) is 8.64. The third-order valence-electron chi connectivity index (χ3n) is 3.02. The average molecular weight is 213 g/mol. The normalized spacial score (nSPS) is 23.7. The summed E-state index contributed by atoms with van der Waals surface area (Å²) in [6.07, 6.45) is 5.21. The van der Waals surface area contributed by atoms with E-state index < -0.39 is 0 Å². The molecule has 3 rings (SSSR count). The van der Waals surface area contributed by atoms with Crippen molar-refractivity contribution in [2.24, 2.45) is 5.92 Å². The zero-order chi connectivity index (χ0) is 11.0. The van der Waals surface area contributed by atoms with Gasteiger partial charge in [0.2, 0.25) is 0 Å². The Morgan fingerprint density at radius 1 is 1.44 bits per heavy atom. The molecule has 2 aromatic heterocycles. The maximum atomic E-state index is 8.70. The van der Waals surface area contributed by atoms with Crippen LogP contribution >= 0.6 is 0 Å². The number of rotatable bonds is 2. The molecule has 1 aliphatic rings. The minimum absolute atomic E-state index is 0.209. The van der Waals surface area contributed by atoms with Crippen LogP contribution in [0.2, 0.25) is 0 Å². The van der Waals surface area contributed by atoms with Crippen LogP contribution in [0.1, 0.15) is 12.8 Å². The Labute approximate surface area is 92.5 Å². The number of nitrogens with zero attached hydrogens (tertiary/aromatic N) is 3. The molecule has 1 saturated carbocycles. The lowest BCUT2D eigenvalue weighted by molar-refractivity contribution is 0.353. The van der Waals surface area contributed by atoms with Crippen LogP contribution in [0.5, 0.6) is 0 Å². The molecule has 0 radical (unpaired) electrons. The van der Waals surface area contributed by atoms with Gasteiger partial charge in [0, 0.05) is 12.2 Å². The molecule has 0 aromatic carbocycles. The molecular formula is C11H11N5. The van der Waals surface area contributed by atoms with Gasteiger partial charge >= 0.3 is 0 Å². The number of anilines is 1. The second-order valence-corrected chi connectivity index (χ2v) is 4.10. The van der Waals surface area contributed by atoms with Crippen LogP contribution < -0.4 is 5.32 Å². The van der Waals surface area contributed by atoms with Crippen molar-refractivity contribution in [1.82, 2.24) is 15.0 Å². The standard InChI is InChI=1S/C11H11N5/c12-5-7-3-8(4-7)16-11-9-1-2-13-10(9)14-6-15-11/h1-2,6-8H,3-4H2,(H2,13,14,15,16). The monoisotopic (exact) mass is 213 g/mol. The number of nitriles is 1. The summed E-state index contributed by atoms with van der Waals surface area (Å²) in [5, 5.41) is 13.1. The minimum atomic E-state index is 0.209. The van der Waals surface area contributed by atoms with Gasteiger partial charge in [-0.2, -0.15) is 5.26 Å². The van der Waals surface area contributed by atoms with Gasteiger partial charge in [0.15, 0.2) is 0 Å². The smallest absolute Gasteiger partial charge is 0.142 e. The van der Waals surface area contributed by atoms with Gasteiger partial charge in [0.25, 0.3) is 0 Å². The SMILES string of the molecule is N#CC1CC(Nc2ncnc3[nH]ccc23)C1. The molecule has 5 nitrogen and oxygen atoms in total. The van der Waals surface area contributed by atoms with Gasteiger partial charge in [-0.25, -0.2) is 9.97 Å². The Bertz CT molecular complexity index is 547. The van der Waals surface area contributed by atoms with E-state index in [-0.39, 0.29) is 5.92 Å². The molecular weight excluding hydrogens is 202 g/mol. The number of hydrogen-bond donors (Lipinski definition) is 2. The fourth-order valence-corrected chi connectivity index (χ4v) is 2.02. The molecule has 1 fully saturated rings. The van der Waals surface area contributed by atoms with Gasteiger partial charge in [0.05, 0.1) is 17.4 Å². The van der Waals surface area contributed by atoms with E-state index in [4.69, 9.17) is 5.26 Å². The highest BCUT2D eigenvalue weighted by molar-refractivity contribution is 5.86. The van der Waals surface area contributed by atoms with Crippen LogP contribution in [0.15, 0.2) is 18.6 Å². The number of fused-ring (bicyclic) bond motifs is 1. The Morgan fingerprint density at radius 3 is 3.12 bits per heavy atom. The maximum Gasteiger partial charge on any atom is 0.142 e. The number of nitrogens with one attached hydrogen (secondary N) is 2. The van der Waals surface area contributed by atoms with Gasteiger partial charge < -0.3 is 10.3 Å². The summed E-state index contributed by atoms with van der Waals surface area (Å²) in [4.78, 5) is 11.4. The van der Waals surface area contributed by atoms with Crippen LogP contribution in [-0.4, -0.2) is 21.0 Å². The van der Waals surface area contributed by atoms with Crippen LogP contribution in [0.3, 0.4) is 0 Å². The molecule has 0 spiro atoms. The summed E-state index contributed by atoms with van der Waals surface area (Å²) >= 11 is 0. The number of H-pyrrole nitrogens is 1. The molecule has 2 heterocycles. The van der Waals surface area contributed by atoms with E-state index in [0.29, 0.717) is 6.04 Å². The average Bonchev–Trinajstić information content (AvgIpc) is 2.71. The molecule has 0 bridgehead atoms. The van der Waals surface area contributed by atoms with Crippen LogP contribution in [-0.2, 0) is 0 Å². The van der Waals surface area contributed by atoms with E-state index in [1.807, 2.05) is 12.3 Å². The van der Waals surface area contributed by atoms with Gasteiger partial charge in [-0.1, -0.05) is 0 Å². The first-order valence-electron chi connectivity index (χ1n) is 5.31. The molecule has 0 aliphatic heterocycles. The Kier molecular flexibility index (Phi) is 2.00. The lowest BCUT2D eigenvalue weighted by Gasteiger charge is -2.31. The van der Waals surface area contributed by atoms with E-state index in [2.05, 4.69) is 26.3 Å². The predicted octanol–water partition coefficient (Wildman–Crippen LogP) is 1.67. The first-order valence-corrected chi connectivity index (χ1v) is 5.31. The number of aromatic nitrogens is 3. The first kappa shape index (κ1) is 9.16. The minimum Gasteiger partial charge on any atom is -0.367 e. The summed E-state index contributed by atoms with van der Waals surface area (Å²) in [5.41, 5.74) is 0.841. The van der Waals surface area contributed by atoms with Gasteiger partial charge in [0.1, 0.15) is 17.8 Å². The fourth-order valence-electron chi connectivity index (χ4n) is 2.02. The van der Waals surface area contributed by atoms with E-state index >= 15 is 0 Å². The summed E-state index contributed by atoms with van der Waals surface area (Å²) < 4.78 is 0. The molecule has 16 heavy (non-hydrogen) atoms. The molecule has 0 saturated heterocycles. The molecule has 0 atom stereocenters.